The number of aromatic nitrogens is 4. The van der Waals surface area contributed by atoms with E-state index in [4.69, 9.17) is 4.74 Å². The normalized spacial score (nSPS) is 10.8. The summed E-state index contributed by atoms with van der Waals surface area (Å²) in [6, 6.07) is 16.0. The molecule has 0 saturated heterocycles. The number of thioether (sulfide) groups is 1. The average Bonchev–Trinajstić information content (AvgIpc) is 3.46. The summed E-state index contributed by atoms with van der Waals surface area (Å²) in [5.41, 5.74) is 4.17. The summed E-state index contributed by atoms with van der Waals surface area (Å²) in [6.45, 7) is 6.45. The Morgan fingerprint density at radius 1 is 1.18 bits per heavy atom. The number of anilines is 1. The zero-order valence-corrected chi connectivity index (χ0v) is 20.7. The van der Waals surface area contributed by atoms with E-state index in [9.17, 15) is 4.79 Å². The van der Waals surface area contributed by atoms with Crippen molar-refractivity contribution in [1.82, 2.24) is 19.7 Å². The van der Waals surface area contributed by atoms with Crippen LogP contribution in [0.15, 0.2) is 71.7 Å². The van der Waals surface area contributed by atoms with Crippen LogP contribution in [0.25, 0.3) is 11.3 Å². The molecule has 0 fully saturated rings. The van der Waals surface area contributed by atoms with E-state index in [1.807, 2.05) is 65.4 Å². The van der Waals surface area contributed by atoms with Crippen LogP contribution in [-0.4, -0.2) is 38.5 Å². The molecular weight excluding hydrogens is 466 g/mol. The van der Waals surface area contributed by atoms with Crippen LogP contribution in [0.1, 0.15) is 17.0 Å². The van der Waals surface area contributed by atoms with Crippen molar-refractivity contribution in [3.63, 3.8) is 0 Å². The molecule has 174 valence electrons. The Labute approximate surface area is 206 Å². The zero-order chi connectivity index (χ0) is 23.9. The molecular formula is C25H25N5O2S2. The van der Waals surface area contributed by atoms with Crippen LogP contribution >= 0.6 is 23.1 Å². The topological polar surface area (TPSA) is 81.9 Å². The van der Waals surface area contributed by atoms with Crippen LogP contribution in [0.2, 0.25) is 0 Å². The summed E-state index contributed by atoms with van der Waals surface area (Å²) in [4.78, 5) is 17.1. The maximum Gasteiger partial charge on any atom is 0.236 e. The number of carbonyl (C=O) groups excluding carboxylic acids is 1. The summed E-state index contributed by atoms with van der Waals surface area (Å²) < 4.78 is 7.20. The smallest absolute Gasteiger partial charge is 0.236 e. The van der Waals surface area contributed by atoms with Gasteiger partial charge in [-0.15, -0.1) is 28.1 Å². The van der Waals surface area contributed by atoms with Gasteiger partial charge >= 0.3 is 0 Å². The second-order valence-electron chi connectivity index (χ2n) is 7.56. The van der Waals surface area contributed by atoms with Gasteiger partial charge in [0.15, 0.2) is 10.3 Å². The highest BCUT2D eigenvalue weighted by molar-refractivity contribution is 7.99. The molecule has 0 aliphatic rings. The number of nitrogens with one attached hydrogen (secondary N) is 1. The fourth-order valence-electron chi connectivity index (χ4n) is 3.27. The molecule has 7 nitrogen and oxygen atoms in total. The van der Waals surface area contributed by atoms with Crippen LogP contribution in [0, 0.1) is 6.92 Å². The quantitative estimate of drug-likeness (QED) is 0.242. The van der Waals surface area contributed by atoms with Crippen LogP contribution < -0.4 is 10.1 Å². The average molecular weight is 492 g/mol. The molecule has 1 amide bonds. The molecule has 2 aromatic carbocycles. The lowest BCUT2D eigenvalue weighted by Crippen LogP contribution is -2.14. The third-order valence-corrected chi connectivity index (χ3v) is 6.78. The van der Waals surface area contributed by atoms with Gasteiger partial charge in [0.2, 0.25) is 5.91 Å². The molecule has 0 saturated carbocycles. The minimum Gasteiger partial charge on any atom is -0.497 e. The first-order chi connectivity index (χ1) is 16.6. The number of benzene rings is 2. The molecule has 2 aromatic heterocycles. The molecule has 0 aliphatic carbocycles. The van der Waals surface area contributed by atoms with Crippen molar-refractivity contribution in [3.05, 3.63) is 83.5 Å². The van der Waals surface area contributed by atoms with E-state index in [2.05, 4.69) is 27.1 Å². The van der Waals surface area contributed by atoms with Crippen molar-refractivity contribution < 1.29 is 9.53 Å². The van der Waals surface area contributed by atoms with Gasteiger partial charge in [-0.1, -0.05) is 59.8 Å². The van der Waals surface area contributed by atoms with E-state index in [1.54, 1.807) is 13.2 Å². The standard InChI is InChI=1S/C25H25N5O2S2/c1-4-13-30-22(14-18-7-11-20(32-3)12-8-18)28-29-25(30)34-16-23(31)27-24-26-21(15-33-24)19-9-5-17(2)6-10-19/h4-12,15H,1,13-14,16H2,2-3H3,(H,26,27,31). The SMILES string of the molecule is C=CCn1c(Cc2ccc(OC)cc2)nnc1SCC(=O)Nc1nc(-c2ccc(C)cc2)cs1. The number of ether oxygens (including phenoxy) is 1. The monoisotopic (exact) mass is 491 g/mol. The Kier molecular flexibility index (Phi) is 7.76. The lowest BCUT2D eigenvalue weighted by atomic mass is 10.1. The fourth-order valence-corrected chi connectivity index (χ4v) is 4.77. The van der Waals surface area contributed by atoms with Crippen LogP contribution in [0.5, 0.6) is 5.75 Å². The van der Waals surface area contributed by atoms with Crippen molar-refractivity contribution in [3.8, 4) is 17.0 Å². The van der Waals surface area contributed by atoms with Crippen LogP contribution in [-0.2, 0) is 17.8 Å². The van der Waals surface area contributed by atoms with E-state index in [-0.39, 0.29) is 11.7 Å². The van der Waals surface area contributed by atoms with Crippen LogP contribution in [0.4, 0.5) is 5.13 Å². The number of aryl methyl sites for hydroxylation is 1. The molecule has 4 aromatic rings. The third-order valence-electron chi connectivity index (χ3n) is 5.06. The maximum atomic E-state index is 12.5. The first kappa shape index (κ1) is 23.7. The highest BCUT2D eigenvalue weighted by atomic mass is 32.2. The van der Waals surface area contributed by atoms with Gasteiger partial charge in [-0.05, 0) is 24.6 Å². The largest absolute Gasteiger partial charge is 0.497 e. The summed E-state index contributed by atoms with van der Waals surface area (Å²) in [6.07, 6.45) is 2.42. The number of hydrogen-bond acceptors (Lipinski definition) is 7. The second kappa shape index (κ2) is 11.1. The van der Waals surface area contributed by atoms with Gasteiger partial charge in [0.05, 0.1) is 18.6 Å². The van der Waals surface area contributed by atoms with Crippen molar-refractivity contribution in [2.75, 3.05) is 18.2 Å². The highest BCUT2D eigenvalue weighted by Crippen LogP contribution is 2.26. The molecule has 34 heavy (non-hydrogen) atoms. The lowest BCUT2D eigenvalue weighted by Gasteiger charge is -2.08. The number of allylic oxidation sites excluding steroid dienone is 1. The summed E-state index contributed by atoms with van der Waals surface area (Å²) in [7, 11) is 1.65. The first-order valence-electron chi connectivity index (χ1n) is 10.7. The van der Waals surface area contributed by atoms with Gasteiger partial charge in [0, 0.05) is 23.9 Å². The Morgan fingerprint density at radius 2 is 1.94 bits per heavy atom. The number of thiazole rings is 1. The summed E-state index contributed by atoms with van der Waals surface area (Å²) in [5, 5.41) is 14.7. The number of hydrogen-bond donors (Lipinski definition) is 1. The van der Waals surface area contributed by atoms with Gasteiger partial charge in [0.1, 0.15) is 11.6 Å². The molecule has 1 N–H and O–H groups in total. The number of rotatable bonds is 10. The van der Waals surface area contributed by atoms with Gasteiger partial charge in [-0.3, -0.25) is 4.79 Å². The molecule has 0 bridgehead atoms. The fraction of sp³-hybridized carbons (Fsp3) is 0.200. The predicted molar refractivity (Wildman–Crippen MR) is 138 cm³/mol. The summed E-state index contributed by atoms with van der Waals surface area (Å²) >= 11 is 2.75. The van der Waals surface area contributed by atoms with Gasteiger partial charge in [-0.2, -0.15) is 0 Å². The van der Waals surface area contributed by atoms with Gasteiger partial charge in [-0.25, -0.2) is 4.98 Å². The molecule has 0 aliphatic heterocycles. The molecule has 0 unspecified atom stereocenters. The van der Waals surface area contributed by atoms with E-state index in [0.29, 0.717) is 23.3 Å². The number of nitrogens with zero attached hydrogens (tertiary/aromatic N) is 4. The minimum absolute atomic E-state index is 0.139. The highest BCUT2D eigenvalue weighted by Gasteiger charge is 2.15. The summed E-state index contributed by atoms with van der Waals surface area (Å²) in [5.74, 6) is 1.69. The van der Waals surface area contributed by atoms with Crippen molar-refractivity contribution in [1.29, 1.82) is 0 Å². The first-order valence-corrected chi connectivity index (χ1v) is 12.5. The number of carbonyl (C=O) groups is 1. The Balaban J connectivity index is 1.37. The van der Waals surface area contributed by atoms with Crippen LogP contribution in [0.3, 0.4) is 0 Å². The number of methoxy groups -OCH3 is 1. The molecule has 0 radical (unpaired) electrons. The molecule has 0 atom stereocenters. The Bertz CT molecular complexity index is 1260. The number of amides is 1. The van der Waals surface area contributed by atoms with Crippen molar-refractivity contribution in [2.45, 2.75) is 25.0 Å². The molecule has 9 heteroatoms. The molecule has 4 rings (SSSR count). The second-order valence-corrected chi connectivity index (χ2v) is 9.36. The Morgan fingerprint density at radius 3 is 2.65 bits per heavy atom. The van der Waals surface area contributed by atoms with Crippen molar-refractivity contribution >= 4 is 34.1 Å². The van der Waals surface area contributed by atoms with Gasteiger partial charge < -0.3 is 14.6 Å². The minimum atomic E-state index is -0.139. The van der Waals surface area contributed by atoms with E-state index in [0.717, 1.165) is 28.4 Å². The molecule has 0 spiro atoms. The van der Waals surface area contributed by atoms with E-state index in [1.165, 1.54) is 28.7 Å². The van der Waals surface area contributed by atoms with E-state index < -0.39 is 0 Å². The maximum absolute atomic E-state index is 12.5. The third kappa shape index (κ3) is 5.92. The lowest BCUT2D eigenvalue weighted by molar-refractivity contribution is -0.113. The zero-order valence-electron chi connectivity index (χ0n) is 19.0. The predicted octanol–water partition coefficient (Wildman–Crippen LogP) is 5.23. The van der Waals surface area contributed by atoms with E-state index >= 15 is 0 Å². The van der Waals surface area contributed by atoms with Crippen molar-refractivity contribution in [2.24, 2.45) is 0 Å². The molecule has 2 heterocycles. The van der Waals surface area contributed by atoms with Gasteiger partial charge in [0.25, 0.3) is 0 Å². The Hall–Kier alpha value is -3.43.